The molecule has 1 atom stereocenters. The molecular weight excluding hydrogens is 330 g/mol. The highest BCUT2D eigenvalue weighted by Gasteiger charge is 2.07. The Bertz CT molecular complexity index is 611. The van der Waals surface area contributed by atoms with Crippen LogP contribution in [0.4, 0.5) is 0 Å². The molecule has 148 valence electrons. The monoisotopic (exact) mass is 367 g/mol. The first-order valence-corrected chi connectivity index (χ1v) is 10.8. The molecule has 0 aliphatic heterocycles. The van der Waals surface area contributed by atoms with Crippen molar-refractivity contribution in [3.8, 4) is 5.75 Å². The SMILES string of the molecule is CCCCCCCCCCOc1ccccc1CNC(C)c1ccccc1. The summed E-state index contributed by atoms with van der Waals surface area (Å²) in [7, 11) is 0. The van der Waals surface area contributed by atoms with Gasteiger partial charge in [-0.3, -0.25) is 0 Å². The third-order valence-corrected chi connectivity index (χ3v) is 5.13. The molecular formula is C25H37NO. The van der Waals surface area contributed by atoms with Crippen molar-refractivity contribution in [3.05, 3.63) is 65.7 Å². The second kappa shape index (κ2) is 13.4. The van der Waals surface area contributed by atoms with Crippen molar-refractivity contribution in [2.24, 2.45) is 0 Å². The van der Waals surface area contributed by atoms with E-state index in [1.54, 1.807) is 0 Å². The Hall–Kier alpha value is -1.80. The van der Waals surface area contributed by atoms with Crippen molar-refractivity contribution in [1.82, 2.24) is 5.32 Å². The molecule has 0 aliphatic carbocycles. The fraction of sp³-hybridized carbons (Fsp3) is 0.520. The highest BCUT2D eigenvalue weighted by Crippen LogP contribution is 2.20. The maximum Gasteiger partial charge on any atom is 0.123 e. The quantitative estimate of drug-likeness (QED) is 0.361. The Morgan fingerprint density at radius 2 is 1.41 bits per heavy atom. The van der Waals surface area contributed by atoms with Crippen LogP contribution < -0.4 is 10.1 Å². The zero-order valence-electron chi connectivity index (χ0n) is 17.3. The molecule has 27 heavy (non-hydrogen) atoms. The van der Waals surface area contributed by atoms with Crippen LogP contribution in [0.1, 0.15) is 82.4 Å². The Labute approximate surface area is 166 Å². The summed E-state index contributed by atoms with van der Waals surface area (Å²) in [5.41, 5.74) is 2.55. The minimum absolute atomic E-state index is 0.326. The predicted octanol–water partition coefficient (Wildman–Crippen LogP) is 7.06. The van der Waals surface area contributed by atoms with E-state index in [0.29, 0.717) is 6.04 Å². The third-order valence-electron chi connectivity index (χ3n) is 5.13. The molecule has 0 saturated heterocycles. The number of rotatable bonds is 14. The summed E-state index contributed by atoms with van der Waals surface area (Å²) in [6.45, 7) is 6.12. The highest BCUT2D eigenvalue weighted by molar-refractivity contribution is 5.33. The van der Waals surface area contributed by atoms with Gasteiger partial charge < -0.3 is 10.1 Å². The second-order valence-electron chi connectivity index (χ2n) is 7.44. The molecule has 0 spiro atoms. The minimum atomic E-state index is 0.326. The van der Waals surface area contributed by atoms with Crippen molar-refractivity contribution in [1.29, 1.82) is 0 Å². The van der Waals surface area contributed by atoms with Gasteiger partial charge in [-0.2, -0.15) is 0 Å². The fourth-order valence-corrected chi connectivity index (χ4v) is 3.33. The van der Waals surface area contributed by atoms with Gasteiger partial charge in [-0.25, -0.2) is 0 Å². The number of hydrogen-bond donors (Lipinski definition) is 1. The predicted molar refractivity (Wildman–Crippen MR) is 116 cm³/mol. The summed E-state index contributed by atoms with van der Waals surface area (Å²) in [4.78, 5) is 0. The lowest BCUT2D eigenvalue weighted by Crippen LogP contribution is -2.18. The molecule has 2 rings (SSSR count). The number of benzene rings is 2. The molecule has 1 unspecified atom stereocenters. The Morgan fingerprint density at radius 3 is 2.15 bits per heavy atom. The normalized spacial score (nSPS) is 12.1. The molecule has 0 radical (unpaired) electrons. The van der Waals surface area contributed by atoms with Gasteiger partial charge in [0.05, 0.1) is 6.61 Å². The average molecular weight is 368 g/mol. The van der Waals surface area contributed by atoms with E-state index in [4.69, 9.17) is 4.74 Å². The lowest BCUT2D eigenvalue weighted by atomic mass is 10.1. The molecule has 0 amide bonds. The Morgan fingerprint density at radius 1 is 0.778 bits per heavy atom. The average Bonchev–Trinajstić information content (AvgIpc) is 2.72. The summed E-state index contributed by atoms with van der Waals surface area (Å²) in [5.74, 6) is 1.02. The Balaban J connectivity index is 1.67. The van der Waals surface area contributed by atoms with Crippen LogP contribution in [0.2, 0.25) is 0 Å². The van der Waals surface area contributed by atoms with Crippen LogP contribution in [0.15, 0.2) is 54.6 Å². The van der Waals surface area contributed by atoms with Crippen molar-refractivity contribution in [2.45, 2.75) is 77.8 Å². The first-order valence-electron chi connectivity index (χ1n) is 10.8. The third kappa shape index (κ3) is 8.62. The molecule has 2 aromatic rings. The molecule has 0 aliphatic rings. The molecule has 0 fully saturated rings. The zero-order valence-corrected chi connectivity index (χ0v) is 17.3. The van der Waals surface area contributed by atoms with Crippen LogP contribution in [0.25, 0.3) is 0 Å². The van der Waals surface area contributed by atoms with Crippen LogP contribution in [0.5, 0.6) is 5.75 Å². The molecule has 0 bridgehead atoms. The van der Waals surface area contributed by atoms with Crippen LogP contribution in [0, 0.1) is 0 Å². The fourth-order valence-electron chi connectivity index (χ4n) is 3.33. The van der Waals surface area contributed by atoms with Crippen molar-refractivity contribution < 1.29 is 4.74 Å². The lowest BCUT2D eigenvalue weighted by molar-refractivity contribution is 0.300. The summed E-state index contributed by atoms with van der Waals surface area (Å²) < 4.78 is 6.08. The lowest BCUT2D eigenvalue weighted by Gasteiger charge is -2.16. The number of unbranched alkanes of at least 4 members (excludes halogenated alkanes) is 7. The second-order valence-corrected chi connectivity index (χ2v) is 7.44. The van der Waals surface area contributed by atoms with E-state index in [1.807, 2.05) is 0 Å². The van der Waals surface area contributed by atoms with Crippen LogP contribution in [-0.2, 0) is 6.54 Å². The van der Waals surface area contributed by atoms with Crippen molar-refractivity contribution in [3.63, 3.8) is 0 Å². The van der Waals surface area contributed by atoms with Gasteiger partial charge in [-0.15, -0.1) is 0 Å². The topological polar surface area (TPSA) is 21.3 Å². The van der Waals surface area contributed by atoms with E-state index in [-0.39, 0.29) is 0 Å². The van der Waals surface area contributed by atoms with E-state index in [0.717, 1.165) is 25.3 Å². The molecule has 1 N–H and O–H groups in total. The van der Waals surface area contributed by atoms with Crippen LogP contribution in [0.3, 0.4) is 0 Å². The molecule has 0 saturated carbocycles. The van der Waals surface area contributed by atoms with Crippen LogP contribution in [-0.4, -0.2) is 6.61 Å². The molecule has 2 aromatic carbocycles. The van der Waals surface area contributed by atoms with Gasteiger partial charge in [0.2, 0.25) is 0 Å². The van der Waals surface area contributed by atoms with Gasteiger partial charge in [0.25, 0.3) is 0 Å². The Kier molecular flexibility index (Phi) is 10.7. The highest BCUT2D eigenvalue weighted by atomic mass is 16.5. The first kappa shape index (κ1) is 21.5. The molecule has 2 nitrogen and oxygen atoms in total. The largest absolute Gasteiger partial charge is 0.493 e. The van der Waals surface area contributed by atoms with E-state index in [2.05, 4.69) is 73.8 Å². The molecule has 0 aromatic heterocycles. The van der Waals surface area contributed by atoms with E-state index < -0.39 is 0 Å². The summed E-state index contributed by atoms with van der Waals surface area (Å²) in [6.07, 6.45) is 10.6. The minimum Gasteiger partial charge on any atom is -0.493 e. The van der Waals surface area contributed by atoms with Gasteiger partial charge in [-0.1, -0.05) is 100 Å². The summed E-state index contributed by atoms with van der Waals surface area (Å²) >= 11 is 0. The standard InChI is InChI=1S/C25H37NO/c1-3-4-5-6-7-8-9-15-20-27-25-19-14-13-18-24(25)21-26-22(2)23-16-11-10-12-17-23/h10-14,16-19,22,26H,3-9,15,20-21H2,1-2H3. The number of hydrogen-bond acceptors (Lipinski definition) is 2. The smallest absolute Gasteiger partial charge is 0.123 e. The molecule has 2 heteroatoms. The first-order chi connectivity index (χ1) is 13.3. The van der Waals surface area contributed by atoms with E-state index in [1.165, 1.54) is 56.1 Å². The number of para-hydroxylation sites is 1. The van der Waals surface area contributed by atoms with Gasteiger partial charge in [0.15, 0.2) is 0 Å². The van der Waals surface area contributed by atoms with Gasteiger partial charge in [-0.05, 0) is 25.0 Å². The van der Waals surface area contributed by atoms with Gasteiger partial charge in [0.1, 0.15) is 5.75 Å². The number of ether oxygens (including phenoxy) is 1. The summed E-state index contributed by atoms with van der Waals surface area (Å²) in [5, 5.41) is 3.61. The van der Waals surface area contributed by atoms with Crippen molar-refractivity contribution in [2.75, 3.05) is 6.61 Å². The van der Waals surface area contributed by atoms with Gasteiger partial charge >= 0.3 is 0 Å². The maximum atomic E-state index is 6.08. The van der Waals surface area contributed by atoms with E-state index >= 15 is 0 Å². The van der Waals surface area contributed by atoms with E-state index in [9.17, 15) is 0 Å². The molecule has 0 heterocycles. The van der Waals surface area contributed by atoms with Crippen molar-refractivity contribution >= 4 is 0 Å². The number of nitrogens with one attached hydrogen (secondary N) is 1. The maximum absolute atomic E-state index is 6.08. The summed E-state index contributed by atoms with van der Waals surface area (Å²) in [6, 6.07) is 19.3. The zero-order chi connectivity index (χ0) is 19.2. The van der Waals surface area contributed by atoms with Crippen LogP contribution >= 0.6 is 0 Å². The van der Waals surface area contributed by atoms with Gasteiger partial charge in [0, 0.05) is 18.2 Å².